The summed E-state index contributed by atoms with van der Waals surface area (Å²) < 4.78 is 6.12. The molecule has 0 fully saturated rings. The van der Waals surface area contributed by atoms with Crippen LogP contribution in [0.15, 0.2) is 52.7 Å². The van der Waals surface area contributed by atoms with Gasteiger partial charge in [-0.2, -0.15) is 5.11 Å². The highest BCUT2D eigenvalue weighted by molar-refractivity contribution is 5.76. The van der Waals surface area contributed by atoms with Crippen LogP contribution in [0.1, 0.15) is 97.1 Å². The van der Waals surface area contributed by atoms with Crippen LogP contribution in [0, 0.1) is 17.8 Å². The van der Waals surface area contributed by atoms with Crippen LogP contribution >= 0.6 is 0 Å². The molecular weight excluding hydrogens is 508 g/mol. The van der Waals surface area contributed by atoms with Gasteiger partial charge in [-0.1, -0.05) is 90.3 Å². The van der Waals surface area contributed by atoms with E-state index in [0.717, 1.165) is 49.4 Å². The van der Waals surface area contributed by atoms with E-state index in [0.29, 0.717) is 31.5 Å². The zero-order valence-electron chi connectivity index (χ0n) is 26.1. The molecule has 0 atom stereocenters. The van der Waals surface area contributed by atoms with Crippen LogP contribution in [-0.2, 0) is 17.6 Å². The predicted octanol–water partition coefficient (Wildman–Crippen LogP) is 8.48. The number of azo groups is 1. The summed E-state index contributed by atoms with van der Waals surface area (Å²) in [4.78, 5) is 12.0. The molecule has 6 nitrogen and oxygen atoms in total. The first-order valence-electron chi connectivity index (χ1n) is 15.6. The Labute approximate surface area is 249 Å². The summed E-state index contributed by atoms with van der Waals surface area (Å²) in [6, 6.07) is 14.8. The minimum Gasteiger partial charge on any atom is -0.491 e. The molecule has 6 heteroatoms. The number of hydrogen-bond acceptors (Lipinski definition) is 5. The molecule has 0 unspecified atom stereocenters. The van der Waals surface area contributed by atoms with Crippen molar-refractivity contribution in [1.29, 1.82) is 0 Å². The van der Waals surface area contributed by atoms with E-state index < -0.39 is 0 Å². The SMILES string of the molecule is CCc1ccc(OCCCCCCCCNC(C)C)c(N=Nc2ccc(CCCC(=O)NCC#CC(C)C)cc2)c1. The molecule has 0 saturated carbocycles. The van der Waals surface area contributed by atoms with Gasteiger partial charge in [-0.3, -0.25) is 4.79 Å². The van der Waals surface area contributed by atoms with Crippen molar-refractivity contribution in [3.8, 4) is 17.6 Å². The van der Waals surface area contributed by atoms with Crippen molar-refractivity contribution in [2.24, 2.45) is 16.1 Å². The molecule has 0 saturated heterocycles. The monoisotopic (exact) mass is 560 g/mol. The molecule has 2 rings (SSSR count). The smallest absolute Gasteiger partial charge is 0.220 e. The Balaban J connectivity index is 1.76. The zero-order valence-corrected chi connectivity index (χ0v) is 26.1. The molecule has 0 bridgehead atoms. The Kier molecular flexibility index (Phi) is 17.2. The number of ether oxygens (including phenoxy) is 1. The van der Waals surface area contributed by atoms with Crippen LogP contribution in [0.25, 0.3) is 0 Å². The van der Waals surface area contributed by atoms with E-state index in [2.05, 4.69) is 77.7 Å². The van der Waals surface area contributed by atoms with Gasteiger partial charge in [0.1, 0.15) is 11.4 Å². The molecule has 0 aliphatic heterocycles. The molecule has 1 amide bonds. The Morgan fingerprint density at radius 2 is 1.59 bits per heavy atom. The number of unbranched alkanes of at least 4 members (excludes halogenated alkanes) is 5. The predicted molar refractivity (Wildman–Crippen MR) is 171 cm³/mol. The fourth-order valence-corrected chi connectivity index (χ4v) is 4.27. The van der Waals surface area contributed by atoms with Gasteiger partial charge in [0.2, 0.25) is 5.91 Å². The first kappa shape index (κ1) is 34.0. The van der Waals surface area contributed by atoms with Crippen LogP contribution in [-0.4, -0.2) is 31.6 Å². The Morgan fingerprint density at radius 3 is 2.29 bits per heavy atom. The molecule has 2 N–H and O–H groups in total. The highest BCUT2D eigenvalue weighted by Crippen LogP contribution is 2.31. The normalized spacial score (nSPS) is 11.2. The summed E-state index contributed by atoms with van der Waals surface area (Å²) in [5.41, 5.74) is 3.96. The topological polar surface area (TPSA) is 75.1 Å². The minimum atomic E-state index is 0.0473. The summed E-state index contributed by atoms with van der Waals surface area (Å²) in [5, 5.41) is 15.4. The Hall–Kier alpha value is -3.17. The molecule has 0 spiro atoms. The molecule has 0 aliphatic rings. The first-order valence-corrected chi connectivity index (χ1v) is 15.6. The van der Waals surface area contributed by atoms with Gasteiger partial charge >= 0.3 is 0 Å². The molecule has 2 aromatic rings. The van der Waals surface area contributed by atoms with Crippen LogP contribution in [0.4, 0.5) is 11.4 Å². The molecule has 0 aromatic heterocycles. The maximum Gasteiger partial charge on any atom is 0.220 e. The van der Waals surface area contributed by atoms with E-state index in [9.17, 15) is 4.79 Å². The maximum atomic E-state index is 12.0. The average molecular weight is 561 g/mol. The van der Waals surface area contributed by atoms with E-state index in [1.165, 1.54) is 43.2 Å². The van der Waals surface area contributed by atoms with E-state index in [-0.39, 0.29) is 5.91 Å². The Bertz CT molecular complexity index is 1100. The van der Waals surface area contributed by atoms with Crippen molar-refractivity contribution >= 4 is 17.3 Å². The quantitative estimate of drug-likeness (QED) is 0.103. The van der Waals surface area contributed by atoms with Gasteiger partial charge in [-0.15, -0.1) is 5.11 Å². The van der Waals surface area contributed by atoms with Gasteiger partial charge in [-0.25, -0.2) is 0 Å². The number of aryl methyl sites for hydroxylation is 2. The van der Waals surface area contributed by atoms with Crippen molar-refractivity contribution in [2.45, 2.75) is 105 Å². The third-order valence-corrected chi connectivity index (χ3v) is 6.66. The first-order chi connectivity index (χ1) is 19.9. The summed E-state index contributed by atoms with van der Waals surface area (Å²) >= 11 is 0. The maximum absolute atomic E-state index is 12.0. The highest BCUT2D eigenvalue weighted by Gasteiger charge is 2.06. The number of hydrogen-bond donors (Lipinski definition) is 2. The van der Waals surface area contributed by atoms with Crippen LogP contribution in [0.2, 0.25) is 0 Å². The van der Waals surface area contributed by atoms with Crippen molar-refractivity contribution in [3.05, 3.63) is 53.6 Å². The molecule has 224 valence electrons. The third-order valence-electron chi connectivity index (χ3n) is 6.66. The van der Waals surface area contributed by atoms with Crippen LogP contribution in [0.3, 0.4) is 0 Å². The minimum absolute atomic E-state index is 0.0473. The van der Waals surface area contributed by atoms with Crippen molar-refractivity contribution in [2.75, 3.05) is 19.7 Å². The number of nitrogens with zero attached hydrogens (tertiary/aromatic N) is 2. The van der Waals surface area contributed by atoms with E-state index >= 15 is 0 Å². The van der Waals surface area contributed by atoms with Gasteiger partial charge in [-0.05, 0) is 74.0 Å². The summed E-state index contributed by atoms with van der Waals surface area (Å²) in [7, 11) is 0. The molecule has 41 heavy (non-hydrogen) atoms. The van der Waals surface area contributed by atoms with E-state index in [1.54, 1.807) is 0 Å². The molecule has 0 aliphatic carbocycles. The number of nitrogens with one attached hydrogen (secondary N) is 2. The number of benzene rings is 2. The number of carbonyl (C=O) groups excluding carboxylic acids is 1. The zero-order chi connectivity index (χ0) is 29.7. The number of carbonyl (C=O) groups is 1. The lowest BCUT2D eigenvalue weighted by atomic mass is 10.1. The molecule has 2 aromatic carbocycles. The standard InChI is InChI=1S/C35H52N4O2/c1-6-30-20-23-34(41-26-12-10-8-7-9-11-24-36-29(4)5)33(27-30)39-38-32-21-18-31(19-22-32)16-13-17-35(40)37-25-14-15-28(2)3/h18-23,27-29,36H,6-13,16-17,24-26H2,1-5H3,(H,37,40). The summed E-state index contributed by atoms with van der Waals surface area (Å²) in [6.45, 7) is 12.8. The number of rotatable bonds is 19. The molecule has 0 radical (unpaired) electrons. The lowest BCUT2D eigenvalue weighted by Gasteiger charge is -2.10. The van der Waals surface area contributed by atoms with Gasteiger partial charge in [0.05, 0.1) is 18.8 Å². The fraction of sp³-hybridized carbons (Fsp3) is 0.571. The van der Waals surface area contributed by atoms with Crippen molar-refractivity contribution in [1.82, 2.24) is 10.6 Å². The lowest BCUT2D eigenvalue weighted by molar-refractivity contribution is -0.120. The van der Waals surface area contributed by atoms with E-state index in [4.69, 9.17) is 4.74 Å². The lowest BCUT2D eigenvalue weighted by Crippen LogP contribution is -2.23. The van der Waals surface area contributed by atoms with Gasteiger partial charge in [0.15, 0.2) is 0 Å². The van der Waals surface area contributed by atoms with Crippen LogP contribution in [0.5, 0.6) is 5.75 Å². The summed E-state index contributed by atoms with van der Waals surface area (Å²) in [5.74, 6) is 7.19. The van der Waals surface area contributed by atoms with Crippen molar-refractivity contribution in [3.63, 3.8) is 0 Å². The van der Waals surface area contributed by atoms with Gasteiger partial charge in [0.25, 0.3) is 0 Å². The fourth-order valence-electron chi connectivity index (χ4n) is 4.27. The van der Waals surface area contributed by atoms with Gasteiger partial charge < -0.3 is 15.4 Å². The largest absolute Gasteiger partial charge is 0.491 e. The highest BCUT2D eigenvalue weighted by atomic mass is 16.5. The summed E-state index contributed by atoms with van der Waals surface area (Å²) in [6.07, 6.45) is 10.4. The average Bonchev–Trinajstić information content (AvgIpc) is 2.96. The second kappa shape index (κ2) is 20.7. The second-order valence-electron chi connectivity index (χ2n) is 11.2. The molecule has 0 heterocycles. The third kappa shape index (κ3) is 16.0. The van der Waals surface area contributed by atoms with E-state index in [1.807, 2.05) is 32.0 Å². The van der Waals surface area contributed by atoms with Crippen LogP contribution < -0.4 is 15.4 Å². The van der Waals surface area contributed by atoms with Crippen molar-refractivity contribution < 1.29 is 9.53 Å². The van der Waals surface area contributed by atoms with Gasteiger partial charge in [0, 0.05) is 18.4 Å². The second-order valence-corrected chi connectivity index (χ2v) is 11.2. The Morgan fingerprint density at radius 1 is 0.878 bits per heavy atom. The number of amides is 1. The molecular formula is C35H52N4O2.